The molecule has 0 saturated heterocycles. The number of aliphatic carboxylic acids is 1. The summed E-state index contributed by atoms with van der Waals surface area (Å²) in [4.78, 5) is 11.6. The molecule has 0 aliphatic heterocycles. The zero-order valence-electron chi connectivity index (χ0n) is 11.2. The van der Waals surface area contributed by atoms with Crippen LogP contribution in [-0.2, 0) is 11.3 Å². The Morgan fingerprint density at radius 2 is 1.95 bits per heavy atom. The zero-order chi connectivity index (χ0) is 15.9. The highest BCUT2D eigenvalue weighted by Gasteiger charge is 2.30. The van der Waals surface area contributed by atoms with Crippen molar-refractivity contribution < 1.29 is 28.2 Å². The van der Waals surface area contributed by atoms with Gasteiger partial charge in [0.15, 0.2) is 0 Å². The van der Waals surface area contributed by atoms with E-state index in [2.05, 4.69) is 0 Å². The molecule has 0 heterocycles. The smallest absolute Gasteiger partial charge is 0.401 e. The second kappa shape index (κ2) is 7.80. The average molecular weight is 303 g/mol. The summed E-state index contributed by atoms with van der Waals surface area (Å²) in [6.45, 7) is -1.66. The van der Waals surface area contributed by atoms with Crippen molar-refractivity contribution in [3.05, 3.63) is 41.5 Å². The molecule has 1 aromatic rings. The van der Waals surface area contributed by atoms with Crippen LogP contribution >= 0.6 is 0 Å². The molecule has 0 unspecified atom stereocenters. The van der Waals surface area contributed by atoms with E-state index in [4.69, 9.17) is 10.2 Å². The van der Waals surface area contributed by atoms with Crippen LogP contribution < -0.4 is 0 Å². The van der Waals surface area contributed by atoms with Crippen LogP contribution in [0.2, 0.25) is 0 Å². The number of nitrogens with zero attached hydrogens (tertiary/aromatic N) is 1. The van der Waals surface area contributed by atoms with Crippen LogP contribution in [0, 0.1) is 0 Å². The topological polar surface area (TPSA) is 60.8 Å². The summed E-state index contributed by atoms with van der Waals surface area (Å²) in [5, 5.41) is 17.5. The van der Waals surface area contributed by atoms with Crippen LogP contribution in [0.3, 0.4) is 0 Å². The van der Waals surface area contributed by atoms with Crippen molar-refractivity contribution in [3.63, 3.8) is 0 Å². The van der Waals surface area contributed by atoms with E-state index in [1.165, 1.54) is 6.08 Å². The maximum atomic E-state index is 12.5. The molecule has 0 amide bonds. The van der Waals surface area contributed by atoms with Gasteiger partial charge in [0.2, 0.25) is 0 Å². The van der Waals surface area contributed by atoms with Crippen LogP contribution in [0.4, 0.5) is 13.2 Å². The molecule has 1 aromatic carbocycles. The number of benzene rings is 1. The summed E-state index contributed by atoms with van der Waals surface area (Å²) >= 11 is 0. The number of carbonyl (C=O) groups is 1. The summed E-state index contributed by atoms with van der Waals surface area (Å²) < 4.78 is 37.4. The molecule has 4 nitrogen and oxygen atoms in total. The van der Waals surface area contributed by atoms with Gasteiger partial charge in [0.1, 0.15) is 0 Å². The standard InChI is InChI=1S/C14H16F3NO3/c15-14(16,17)10-18(7-8-19)9-12-4-2-1-3-11(12)5-6-13(20)21/h1-6,19H,7-10H2,(H,20,21)/b6-5+. The highest BCUT2D eigenvalue weighted by Crippen LogP contribution is 2.19. The maximum absolute atomic E-state index is 12.5. The molecule has 0 aliphatic carbocycles. The molecular weight excluding hydrogens is 287 g/mol. The number of carboxylic acids is 1. The number of hydrogen-bond acceptors (Lipinski definition) is 3. The van der Waals surface area contributed by atoms with Gasteiger partial charge in [-0.3, -0.25) is 4.90 Å². The van der Waals surface area contributed by atoms with Gasteiger partial charge in [0, 0.05) is 19.2 Å². The van der Waals surface area contributed by atoms with Crippen LogP contribution in [0.5, 0.6) is 0 Å². The van der Waals surface area contributed by atoms with Gasteiger partial charge in [-0.05, 0) is 17.2 Å². The predicted octanol–water partition coefficient (Wildman–Crippen LogP) is 2.14. The fourth-order valence-corrected chi connectivity index (χ4v) is 1.85. The lowest BCUT2D eigenvalue weighted by atomic mass is 10.1. The number of carboxylic acid groups (broad SMARTS) is 1. The first-order valence-electron chi connectivity index (χ1n) is 6.20. The molecule has 0 radical (unpaired) electrons. The van der Waals surface area contributed by atoms with Crippen LogP contribution in [0.25, 0.3) is 6.08 Å². The second-order valence-electron chi connectivity index (χ2n) is 4.42. The first-order chi connectivity index (χ1) is 9.81. The van der Waals surface area contributed by atoms with E-state index < -0.39 is 18.7 Å². The van der Waals surface area contributed by atoms with Gasteiger partial charge in [-0.2, -0.15) is 13.2 Å². The highest BCUT2D eigenvalue weighted by atomic mass is 19.4. The van der Waals surface area contributed by atoms with Crippen molar-refractivity contribution in [2.45, 2.75) is 12.7 Å². The van der Waals surface area contributed by atoms with Gasteiger partial charge in [-0.25, -0.2) is 4.79 Å². The SMILES string of the molecule is O=C(O)/C=C/c1ccccc1CN(CCO)CC(F)(F)F. The Labute approximate surface area is 120 Å². The largest absolute Gasteiger partial charge is 0.478 e. The molecule has 0 saturated carbocycles. The summed E-state index contributed by atoms with van der Waals surface area (Å²) in [5.74, 6) is -1.13. The third-order valence-electron chi connectivity index (χ3n) is 2.67. The third-order valence-corrected chi connectivity index (χ3v) is 2.67. The van der Waals surface area contributed by atoms with Crippen molar-refractivity contribution in [2.75, 3.05) is 19.7 Å². The number of halogens is 3. The molecule has 116 valence electrons. The minimum atomic E-state index is -4.36. The zero-order valence-corrected chi connectivity index (χ0v) is 11.2. The molecule has 0 atom stereocenters. The first kappa shape index (κ1) is 17.2. The van der Waals surface area contributed by atoms with Crippen molar-refractivity contribution in [2.24, 2.45) is 0 Å². The van der Waals surface area contributed by atoms with Crippen molar-refractivity contribution in [1.82, 2.24) is 4.90 Å². The average Bonchev–Trinajstić information content (AvgIpc) is 2.36. The van der Waals surface area contributed by atoms with Crippen LogP contribution in [0.15, 0.2) is 30.3 Å². The van der Waals surface area contributed by atoms with E-state index in [9.17, 15) is 18.0 Å². The van der Waals surface area contributed by atoms with Crippen molar-refractivity contribution >= 4 is 12.0 Å². The lowest BCUT2D eigenvalue weighted by molar-refractivity contribution is -0.148. The second-order valence-corrected chi connectivity index (χ2v) is 4.42. The first-order valence-corrected chi connectivity index (χ1v) is 6.20. The highest BCUT2D eigenvalue weighted by molar-refractivity contribution is 5.85. The number of rotatable bonds is 7. The Kier molecular flexibility index (Phi) is 6.39. The molecular formula is C14H16F3NO3. The van der Waals surface area contributed by atoms with Gasteiger partial charge in [-0.15, -0.1) is 0 Å². The summed E-state index contributed by atoms with van der Waals surface area (Å²) in [6.07, 6.45) is -2.09. The van der Waals surface area contributed by atoms with E-state index in [0.29, 0.717) is 11.1 Å². The van der Waals surface area contributed by atoms with Gasteiger partial charge in [-0.1, -0.05) is 24.3 Å². The molecule has 0 bridgehead atoms. The summed E-state index contributed by atoms with van der Waals surface area (Å²) in [5.41, 5.74) is 1.10. The minimum Gasteiger partial charge on any atom is -0.478 e. The van der Waals surface area contributed by atoms with E-state index in [0.717, 1.165) is 11.0 Å². The van der Waals surface area contributed by atoms with Crippen molar-refractivity contribution in [1.29, 1.82) is 0 Å². The van der Waals surface area contributed by atoms with E-state index >= 15 is 0 Å². The third kappa shape index (κ3) is 6.92. The van der Waals surface area contributed by atoms with Gasteiger partial charge >= 0.3 is 12.1 Å². The summed E-state index contributed by atoms with van der Waals surface area (Å²) in [6, 6.07) is 6.59. The molecule has 0 spiro atoms. The molecule has 0 aromatic heterocycles. The quantitative estimate of drug-likeness (QED) is 0.758. The van der Waals surface area contributed by atoms with Crippen LogP contribution in [0.1, 0.15) is 11.1 Å². The van der Waals surface area contributed by atoms with E-state index in [1.54, 1.807) is 24.3 Å². The molecule has 0 fully saturated rings. The Bertz CT molecular complexity index is 500. The Morgan fingerprint density at radius 1 is 1.29 bits per heavy atom. The molecule has 0 aliphatic rings. The Balaban J connectivity index is 2.90. The molecule has 2 N–H and O–H groups in total. The molecule has 21 heavy (non-hydrogen) atoms. The number of hydrogen-bond donors (Lipinski definition) is 2. The number of aliphatic hydroxyl groups is 1. The normalized spacial score (nSPS) is 12.2. The fraction of sp³-hybridized carbons (Fsp3) is 0.357. The molecule has 7 heteroatoms. The monoisotopic (exact) mass is 303 g/mol. The van der Waals surface area contributed by atoms with Crippen LogP contribution in [-0.4, -0.2) is 47.0 Å². The van der Waals surface area contributed by atoms with Gasteiger partial charge in [0.25, 0.3) is 0 Å². The predicted molar refractivity (Wildman–Crippen MR) is 71.5 cm³/mol. The lowest BCUT2D eigenvalue weighted by Gasteiger charge is -2.23. The Hall–Kier alpha value is -1.86. The summed E-state index contributed by atoms with van der Waals surface area (Å²) in [7, 11) is 0. The molecule has 1 rings (SSSR count). The number of aliphatic hydroxyl groups excluding tert-OH is 1. The maximum Gasteiger partial charge on any atom is 0.401 e. The fourth-order valence-electron chi connectivity index (χ4n) is 1.85. The number of alkyl halides is 3. The lowest BCUT2D eigenvalue weighted by Crippen LogP contribution is -2.35. The van der Waals surface area contributed by atoms with Gasteiger partial charge in [0.05, 0.1) is 13.2 Å². The van der Waals surface area contributed by atoms with Gasteiger partial charge < -0.3 is 10.2 Å². The van der Waals surface area contributed by atoms with Crippen molar-refractivity contribution in [3.8, 4) is 0 Å². The van der Waals surface area contributed by atoms with E-state index in [1.807, 2.05) is 0 Å². The minimum absolute atomic E-state index is 0.0276. The Morgan fingerprint density at radius 3 is 2.52 bits per heavy atom. The van der Waals surface area contributed by atoms with E-state index in [-0.39, 0.29) is 19.7 Å².